The van der Waals surface area contributed by atoms with Crippen molar-refractivity contribution >= 4 is 23.2 Å². The third-order valence-corrected chi connectivity index (χ3v) is 3.10. The zero-order chi connectivity index (χ0) is 13.1. The van der Waals surface area contributed by atoms with E-state index < -0.39 is 0 Å². The molecule has 2 rings (SSSR count). The van der Waals surface area contributed by atoms with Crippen LogP contribution in [0.1, 0.15) is 23.2 Å². The lowest BCUT2D eigenvalue weighted by atomic mass is 9.97. The van der Waals surface area contributed by atoms with Gasteiger partial charge in [0, 0.05) is 12.4 Å². The summed E-state index contributed by atoms with van der Waals surface area (Å²) in [7, 11) is 0. The van der Waals surface area contributed by atoms with Gasteiger partial charge in [0.05, 0.1) is 12.1 Å². The van der Waals surface area contributed by atoms with Crippen molar-refractivity contribution in [3.05, 3.63) is 58.1 Å². The third-order valence-electron chi connectivity index (χ3n) is 2.66. The second kappa shape index (κ2) is 5.63. The predicted molar refractivity (Wildman–Crippen MR) is 72.4 cm³/mol. The largest absolute Gasteiger partial charge is 0.322 e. The second-order valence-corrected chi connectivity index (χ2v) is 4.65. The van der Waals surface area contributed by atoms with Crippen molar-refractivity contribution in [2.75, 3.05) is 0 Å². The molecule has 0 aliphatic rings. The minimum atomic E-state index is -0.377. The summed E-state index contributed by atoms with van der Waals surface area (Å²) in [6.45, 7) is 0. The van der Waals surface area contributed by atoms with Crippen molar-refractivity contribution in [3.8, 4) is 0 Å². The molecule has 0 aliphatic heterocycles. The fourth-order valence-corrected chi connectivity index (χ4v) is 1.81. The van der Waals surface area contributed by atoms with Crippen LogP contribution in [0.4, 0.5) is 0 Å². The molecule has 2 aromatic heterocycles. The highest BCUT2D eigenvalue weighted by Gasteiger charge is 2.17. The summed E-state index contributed by atoms with van der Waals surface area (Å²) in [6, 6.07) is 6.23. The topological polar surface area (TPSA) is 77.8 Å². The van der Waals surface area contributed by atoms with Crippen LogP contribution in [0.3, 0.4) is 0 Å². The van der Waals surface area contributed by atoms with E-state index in [1.54, 1.807) is 24.5 Å². The van der Waals surface area contributed by atoms with Gasteiger partial charge in [-0.05, 0) is 23.3 Å². The van der Waals surface area contributed by atoms with E-state index in [9.17, 15) is 0 Å². The highest BCUT2D eigenvalue weighted by atomic mass is 35.5. The second-order valence-electron chi connectivity index (χ2n) is 3.88. The van der Waals surface area contributed by atoms with Gasteiger partial charge in [0.25, 0.3) is 0 Å². The highest BCUT2D eigenvalue weighted by molar-refractivity contribution is 6.29. The minimum Gasteiger partial charge on any atom is -0.322 e. The molecule has 0 fully saturated rings. The molecule has 6 heteroatoms. The summed E-state index contributed by atoms with van der Waals surface area (Å²) in [5.41, 5.74) is 13.8. The number of rotatable bonds is 3. The van der Waals surface area contributed by atoms with E-state index >= 15 is 0 Å². The Kier molecular flexibility index (Phi) is 4.14. The number of nitrogens with two attached hydrogens (primary N) is 2. The Bertz CT molecular complexity index is 463. The summed E-state index contributed by atoms with van der Waals surface area (Å²) in [5.74, 6) is 0. The van der Waals surface area contributed by atoms with E-state index in [1.807, 2.05) is 12.1 Å². The van der Waals surface area contributed by atoms with Crippen LogP contribution in [0, 0.1) is 0 Å². The lowest BCUT2D eigenvalue weighted by Crippen LogP contribution is -2.26. The first-order valence-corrected chi connectivity index (χ1v) is 6.07. The van der Waals surface area contributed by atoms with E-state index in [1.165, 1.54) is 0 Å². The molecule has 0 saturated carbocycles. The molecule has 0 bridgehead atoms. The van der Waals surface area contributed by atoms with Crippen molar-refractivity contribution in [2.24, 2.45) is 11.5 Å². The van der Waals surface area contributed by atoms with Crippen LogP contribution < -0.4 is 11.5 Å². The monoisotopic (exact) mass is 282 g/mol. The zero-order valence-corrected chi connectivity index (χ0v) is 10.9. The SMILES string of the molecule is N[C@H](c1ccc(Cl)nc1)[C@@H](N)c1ccc(Cl)nc1. The summed E-state index contributed by atoms with van der Waals surface area (Å²) >= 11 is 11.4. The Balaban J connectivity index is 2.20. The Morgan fingerprint density at radius 3 is 1.44 bits per heavy atom. The van der Waals surface area contributed by atoms with Crippen LogP contribution in [0.2, 0.25) is 10.3 Å². The van der Waals surface area contributed by atoms with E-state index in [-0.39, 0.29) is 12.1 Å². The van der Waals surface area contributed by atoms with Crippen LogP contribution in [0.15, 0.2) is 36.7 Å². The maximum absolute atomic E-state index is 6.09. The zero-order valence-electron chi connectivity index (χ0n) is 9.42. The van der Waals surface area contributed by atoms with E-state index in [2.05, 4.69) is 9.97 Å². The maximum Gasteiger partial charge on any atom is 0.129 e. The molecule has 0 unspecified atom stereocenters. The average molecular weight is 283 g/mol. The van der Waals surface area contributed by atoms with Crippen LogP contribution >= 0.6 is 23.2 Å². The fourth-order valence-electron chi connectivity index (χ4n) is 1.58. The van der Waals surface area contributed by atoms with Gasteiger partial charge in [0.1, 0.15) is 10.3 Å². The summed E-state index contributed by atoms with van der Waals surface area (Å²) in [5, 5.41) is 0.848. The molecular formula is C12H12Cl2N4. The van der Waals surface area contributed by atoms with Gasteiger partial charge in [-0.1, -0.05) is 35.3 Å². The summed E-state index contributed by atoms with van der Waals surface area (Å²) in [6.07, 6.45) is 3.24. The molecule has 0 radical (unpaired) electrons. The molecule has 0 spiro atoms. The van der Waals surface area contributed by atoms with Gasteiger partial charge in [-0.3, -0.25) is 0 Å². The van der Waals surface area contributed by atoms with Crippen molar-refractivity contribution < 1.29 is 0 Å². The Morgan fingerprint density at radius 2 is 1.17 bits per heavy atom. The Morgan fingerprint density at radius 1 is 0.778 bits per heavy atom. The molecule has 4 nitrogen and oxygen atoms in total. The predicted octanol–water partition coefficient (Wildman–Crippen LogP) is 2.48. The number of pyridine rings is 2. The molecule has 94 valence electrons. The van der Waals surface area contributed by atoms with Crippen LogP contribution in [-0.2, 0) is 0 Å². The van der Waals surface area contributed by atoms with Gasteiger partial charge in [0.2, 0.25) is 0 Å². The standard InChI is InChI=1S/C12H12Cl2N4/c13-9-3-1-7(5-17-9)11(15)12(16)8-2-4-10(14)18-6-8/h1-6,11-12H,15-16H2/t11-,12+. The van der Waals surface area contributed by atoms with E-state index in [0.29, 0.717) is 10.3 Å². The Labute approximate surface area is 115 Å². The first kappa shape index (κ1) is 13.2. The van der Waals surface area contributed by atoms with Crippen molar-refractivity contribution in [3.63, 3.8) is 0 Å². The minimum absolute atomic E-state index is 0.377. The van der Waals surface area contributed by atoms with Crippen molar-refractivity contribution in [1.82, 2.24) is 9.97 Å². The van der Waals surface area contributed by atoms with Gasteiger partial charge in [-0.25, -0.2) is 9.97 Å². The third kappa shape index (κ3) is 2.97. The number of halogens is 2. The van der Waals surface area contributed by atoms with Crippen molar-refractivity contribution in [1.29, 1.82) is 0 Å². The highest BCUT2D eigenvalue weighted by Crippen LogP contribution is 2.24. The molecule has 2 aromatic rings. The number of hydrogen-bond donors (Lipinski definition) is 2. The quantitative estimate of drug-likeness (QED) is 0.848. The number of aromatic nitrogens is 2. The van der Waals surface area contributed by atoms with Crippen LogP contribution in [-0.4, -0.2) is 9.97 Å². The van der Waals surface area contributed by atoms with Gasteiger partial charge in [-0.15, -0.1) is 0 Å². The van der Waals surface area contributed by atoms with Crippen LogP contribution in [0.5, 0.6) is 0 Å². The van der Waals surface area contributed by atoms with E-state index in [4.69, 9.17) is 34.7 Å². The van der Waals surface area contributed by atoms with Gasteiger partial charge >= 0.3 is 0 Å². The maximum atomic E-state index is 6.09. The van der Waals surface area contributed by atoms with Crippen molar-refractivity contribution in [2.45, 2.75) is 12.1 Å². The number of hydrogen-bond acceptors (Lipinski definition) is 4. The summed E-state index contributed by atoms with van der Waals surface area (Å²) in [4.78, 5) is 7.97. The van der Waals surface area contributed by atoms with E-state index in [0.717, 1.165) is 11.1 Å². The van der Waals surface area contributed by atoms with Crippen LogP contribution in [0.25, 0.3) is 0 Å². The lowest BCUT2D eigenvalue weighted by molar-refractivity contribution is 0.571. The molecule has 0 saturated heterocycles. The first-order valence-electron chi connectivity index (χ1n) is 5.32. The molecular weight excluding hydrogens is 271 g/mol. The lowest BCUT2D eigenvalue weighted by Gasteiger charge is -2.20. The molecule has 0 amide bonds. The van der Waals surface area contributed by atoms with Gasteiger partial charge < -0.3 is 11.5 Å². The molecule has 18 heavy (non-hydrogen) atoms. The molecule has 4 N–H and O–H groups in total. The fraction of sp³-hybridized carbons (Fsp3) is 0.167. The molecule has 2 atom stereocenters. The van der Waals surface area contributed by atoms with Gasteiger partial charge in [-0.2, -0.15) is 0 Å². The average Bonchev–Trinajstić information content (AvgIpc) is 2.39. The normalized spacial score (nSPS) is 14.2. The van der Waals surface area contributed by atoms with Gasteiger partial charge in [0.15, 0.2) is 0 Å². The molecule has 0 aromatic carbocycles. The molecule has 2 heterocycles. The summed E-state index contributed by atoms with van der Waals surface area (Å²) < 4.78 is 0. The number of nitrogens with zero attached hydrogens (tertiary/aromatic N) is 2. The first-order chi connectivity index (χ1) is 8.58. The molecule has 0 aliphatic carbocycles. The smallest absolute Gasteiger partial charge is 0.129 e. The Hall–Kier alpha value is -1.20.